The van der Waals surface area contributed by atoms with E-state index in [0.29, 0.717) is 18.9 Å². The van der Waals surface area contributed by atoms with Gasteiger partial charge in [0.1, 0.15) is 29.2 Å². The Hall–Kier alpha value is -2.34. The Morgan fingerprint density at radius 2 is 1.76 bits per heavy atom. The number of nitrogens with zero attached hydrogens (tertiary/aromatic N) is 1. The van der Waals surface area contributed by atoms with Gasteiger partial charge in [0.15, 0.2) is 0 Å². The lowest BCUT2D eigenvalue weighted by Crippen LogP contribution is -2.32. The van der Waals surface area contributed by atoms with E-state index in [1.807, 2.05) is 53.4 Å². The van der Waals surface area contributed by atoms with Crippen molar-refractivity contribution in [3.05, 3.63) is 54.1 Å². The van der Waals surface area contributed by atoms with Gasteiger partial charge in [-0.25, -0.2) is 0 Å². The predicted octanol–water partition coefficient (Wildman–Crippen LogP) is 3.36. The summed E-state index contributed by atoms with van der Waals surface area (Å²) >= 11 is 1.62. The molecule has 1 fully saturated rings. The van der Waals surface area contributed by atoms with Crippen molar-refractivity contribution in [3.63, 3.8) is 0 Å². The van der Waals surface area contributed by atoms with Crippen molar-refractivity contribution in [2.24, 2.45) is 0 Å². The Labute approximate surface area is 151 Å². The first-order valence-electron chi connectivity index (χ1n) is 8.04. The summed E-state index contributed by atoms with van der Waals surface area (Å²) in [6, 6.07) is 15.2. The minimum Gasteiger partial charge on any atom is -0.497 e. The average molecular weight is 359 g/mol. The molecule has 1 atom stereocenters. The van der Waals surface area contributed by atoms with Crippen LogP contribution in [0.1, 0.15) is 10.9 Å². The van der Waals surface area contributed by atoms with E-state index in [4.69, 9.17) is 14.2 Å². The van der Waals surface area contributed by atoms with Gasteiger partial charge in [-0.3, -0.25) is 4.79 Å². The van der Waals surface area contributed by atoms with Crippen LogP contribution >= 0.6 is 11.8 Å². The van der Waals surface area contributed by atoms with Gasteiger partial charge in [0.05, 0.1) is 26.5 Å². The van der Waals surface area contributed by atoms with Crippen molar-refractivity contribution in [2.75, 3.05) is 33.1 Å². The minimum absolute atomic E-state index is 0.0388. The van der Waals surface area contributed by atoms with Crippen LogP contribution in [0.15, 0.2) is 48.5 Å². The van der Waals surface area contributed by atoms with E-state index in [-0.39, 0.29) is 11.3 Å². The fraction of sp³-hybridized carbons (Fsp3) is 0.316. The van der Waals surface area contributed by atoms with Gasteiger partial charge in [-0.2, -0.15) is 0 Å². The van der Waals surface area contributed by atoms with Gasteiger partial charge in [-0.1, -0.05) is 18.2 Å². The molecule has 1 saturated heterocycles. The first kappa shape index (κ1) is 17.5. The smallest absolute Gasteiger partial charge is 0.233 e. The third kappa shape index (κ3) is 4.02. The maximum atomic E-state index is 12.3. The van der Waals surface area contributed by atoms with Crippen molar-refractivity contribution in [1.29, 1.82) is 0 Å². The Morgan fingerprint density at radius 3 is 2.48 bits per heavy atom. The summed E-state index contributed by atoms with van der Waals surface area (Å²) in [5.74, 6) is 2.95. The number of hydrogen-bond acceptors (Lipinski definition) is 5. The molecule has 6 heteroatoms. The first-order chi connectivity index (χ1) is 12.2. The molecule has 3 rings (SSSR count). The molecule has 0 aliphatic carbocycles. The minimum atomic E-state index is -0.0388. The largest absolute Gasteiger partial charge is 0.497 e. The Kier molecular flexibility index (Phi) is 5.71. The molecule has 2 aromatic carbocycles. The third-order valence-corrected chi connectivity index (χ3v) is 5.27. The second-order valence-corrected chi connectivity index (χ2v) is 6.58. The van der Waals surface area contributed by atoms with E-state index in [0.717, 1.165) is 22.8 Å². The fourth-order valence-electron chi connectivity index (χ4n) is 2.76. The standard InChI is InChI=1S/C19H21NO4S/c1-22-14-7-9-15(10-8-14)24-12-11-20-18(21)13-25-19(20)16-5-3-4-6-17(16)23-2/h3-10,19H,11-13H2,1-2H3. The number of benzene rings is 2. The molecule has 1 amide bonds. The monoisotopic (exact) mass is 359 g/mol. The second kappa shape index (κ2) is 8.16. The van der Waals surface area contributed by atoms with Crippen LogP contribution in [0.5, 0.6) is 17.2 Å². The Bertz CT molecular complexity index is 720. The second-order valence-electron chi connectivity index (χ2n) is 5.52. The molecule has 0 radical (unpaired) electrons. The lowest BCUT2D eigenvalue weighted by molar-refractivity contribution is -0.128. The van der Waals surface area contributed by atoms with E-state index >= 15 is 0 Å². The maximum absolute atomic E-state index is 12.3. The lowest BCUT2D eigenvalue weighted by Gasteiger charge is -2.25. The molecule has 132 valence electrons. The van der Waals surface area contributed by atoms with E-state index < -0.39 is 0 Å². The molecule has 0 bridgehead atoms. The molecule has 0 N–H and O–H groups in total. The molecule has 1 aliphatic rings. The molecule has 2 aromatic rings. The molecule has 1 unspecified atom stereocenters. The summed E-state index contributed by atoms with van der Waals surface area (Å²) in [7, 11) is 3.28. The molecule has 25 heavy (non-hydrogen) atoms. The average Bonchev–Trinajstić information content (AvgIpc) is 3.03. The molecular weight excluding hydrogens is 338 g/mol. The van der Waals surface area contributed by atoms with Crippen molar-refractivity contribution >= 4 is 17.7 Å². The van der Waals surface area contributed by atoms with E-state index in [2.05, 4.69) is 0 Å². The number of hydrogen-bond donors (Lipinski definition) is 0. The number of rotatable bonds is 7. The molecule has 0 spiro atoms. The quantitative estimate of drug-likeness (QED) is 0.759. The van der Waals surface area contributed by atoms with E-state index in [9.17, 15) is 4.79 Å². The summed E-state index contributed by atoms with van der Waals surface area (Å²) < 4.78 is 16.3. The number of ether oxygens (including phenoxy) is 3. The van der Waals surface area contributed by atoms with Crippen molar-refractivity contribution < 1.29 is 19.0 Å². The van der Waals surface area contributed by atoms with Gasteiger partial charge in [0.2, 0.25) is 5.91 Å². The van der Waals surface area contributed by atoms with Crippen molar-refractivity contribution in [3.8, 4) is 17.2 Å². The fourth-order valence-corrected chi connectivity index (χ4v) is 4.00. The molecule has 0 saturated carbocycles. The van der Waals surface area contributed by atoms with E-state index in [1.54, 1.807) is 26.0 Å². The summed E-state index contributed by atoms with van der Waals surface area (Å²) in [6.45, 7) is 0.963. The van der Waals surface area contributed by atoms with Gasteiger partial charge in [0.25, 0.3) is 0 Å². The highest BCUT2D eigenvalue weighted by Crippen LogP contribution is 2.42. The zero-order chi connectivity index (χ0) is 17.6. The van der Waals surface area contributed by atoms with Gasteiger partial charge >= 0.3 is 0 Å². The molecule has 0 aromatic heterocycles. The number of amides is 1. The Balaban J connectivity index is 1.64. The van der Waals surface area contributed by atoms with Gasteiger partial charge < -0.3 is 19.1 Å². The van der Waals surface area contributed by atoms with Crippen LogP contribution in [0.25, 0.3) is 0 Å². The summed E-state index contributed by atoms with van der Waals surface area (Å²) in [5, 5.41) is -0.0388. The molecular formula is C19H21NO4S. The normalized spacial score (nSPS) is 16.8. The highest BCUT2D eigenvalue weighted by molar-refractivity contribution is 8.00. The maximum Gasteiger partial charge on any atom is 0.233 e. The van der Waals surface area contributed by atoms with Gasteiger partial charge in [-0.15, -0.1) is 11.8 Å². The number of para-hydroxylation sites is 1. The van der Waals surface area contributed by atoms with Crippen LogP contribution in [0.2, 0.25) is 0 Å². The van der Waals surface area contributed by atoms with Crippen LogP contribution < -0.4 is 14.2 Å². The van der Waals surface area contributed by atoms with E-state index in [1.165, 1.54) is 0 Å². The van der Waals surface area contributed by atoms with Crippen LogP contribution in [-0.2, 0) is 4.79 Å². The Morgan fingerprint density at radius 1 is 1.04 bits per heavy atom. The third-order valence-electron chi connectivity index (χ3n) is 4.03. The lowest BCUT2D eigenvalue weighted by atomic mass is 10.2. The number of carbonyl (C=O) groups is 1. The highest BCUT2D eigenvalue weighted by atomic mass is 32.2. The summed E-state index contributed by atoms with van der Waals surface area (Å²) in [6.07, 6.45) is 0. The first-order valence-corrected chi connectivity index (χ1v) is 9.08. The van der Waals surface area contributed by atoms with Crippen molar-refractivity contribution in [1.82, 2.24) is 4.90 Å². The summed E-state index contributed by atoms with van der Waals surface area (Å²) in [5.41, 5.74) is 1.02. The predicted molar refractivity (Wildman–Crippen MR) is 98.4 cm³/mol. The van der Waals surface area contributed by atoms with Gasteiger partial charge in [0, 0.05) is 5.56 Å². The topological polar surface area (TPSA) is 48.0 Å². The van der Waals surface area contributed by atoms with Crippen LogP contribution in [0.3, 0.4) is 0 Å². The van der Waals surface area contributed by atoms with Crippen molar-refractivity contribution in [2.45, 2.75) is 5.37 Å². The van der Waals surface area contributed by atoms with Crippen LogP contribution in [0, 0.1) is 0 Å². The van der Waals surface area contributed by atoms with Gasteiger partial charge in [-0.05, 0) is 30.3 Å². The summed E-state index contributed by atoms with van der Waals surface area (Å²) in [4.78, 5) is 14.1. The zero-order valence-corrected chi connectivity index (χ0v) is 15.1. The molecule has 1 aliphatic heterocycles. The number of carbonyl (C=O) groups excluding carboxylic acids is 1. The SMILES string of the molecule is COc1ccc(OCCN2C(=O)CSC2c2ccccc2OC)cc1. The molecule has 1 heterocycles. The number of thioether (sulfide) groups is 1. The van der Waals surface area contributed by atoms with Crippen LogP contribution in [-0.4, -0.2) is 43.9 Å². The molecule has 5 nitrogen and oxygen atoms in total. The zero-order valence-electron chi connectivity index (χ0n) is 14.3. The highest BCUT2D eigenvalue weighted by Gasteiger charge is 2.34. The van der Waals surface area contributed by atoms with Crippen LogP contribution in [0.4, 0.5) is 0 Å². The number of methoxy groups -OCH3 is 2.